The van der Waals surface area contributed by atoms with Crippen LogP contribution in [0, 0.1) is 0 Å². The minimum absolute atomic E-state index is 0. The first kappa shape index (κ1) is 24.8. The highest BCUT2D eigenvalue weighted by atomic mass is 127. The number of benzene rings is 2. The largest absolute Gasteiger partial charge is 0.378 e. The molecular weight excluding hydrogens is 513 g/mol. The molecule has 0 aromatic heterocycles. The molecule has 174 valence electrons. The topological polar surface area (TPSA) is 52.1 Å². The van der Waals surface area contributed by atoms with Gasteiger partial charge in [0.1, 0.15) is 0 Å². The van der Waals surface area contributed by atoms with Gasteiger partial charge < -0.3 is 20.3 Å². The number of hydrogen-bond donors (Lipinski definition) is 2. The molecule has 0 spiro atoms. The Morgan fingerprint density at radius 3 is 1.91 bits per heavy atom. The van der Waals surface area contributed by atoms with Crippen LogP contribution in [-0.4, -0.2) is 57.3 Å². The van der Waals surface area contributed by atoms with Crippen molar-refractivity contribution in [2.75, 3.05) is 51.3 Å². The van der Waals surface area contributed by atoms with Crippen LogP contribution in [0.2, 0.25) is 0 Å². The Balaban J connectivity index is 0.00000289. The van der Waals surface area contributed by atoms with E-state index < -0.39 is 0 Å². The Labute approximate surface area is 209 Å². The van der Waals surface area contributed by atoms with E-state index in [1.54, 1.807) is 0 Å². The van der Waals surface area contributed by atoms with E-state index in [0.29, 0.717) is 0 Å². The maximum Gasteiger partial charge on any atom is 0.191 e. The van der Waals surface area contributed by atoms with Crippen molar-refractivity contribution in [3.05, 3.63) is 65.2 Å². The smallest absolute Gasteiger partial charge is 0.191 e. The number of likely N-dealkylation sites (tertiary alicyclic amines) is 1. The second kappa shape index (κ2) is 13.0. The summed E-state index contributed by atoms with van der Waals surface area (Å²) in [5, 5.41) is 6.83. The summed E-state index contributed by atoms with van der Waals surface area (Å²) in [4.78, 5) is 9.27. The van der Waals surface area contributed by atoms with Gasteiger partial charge in [0, 0.05) is 45.5 Å². The van der Waals surface area contributed by atoms with Crippen LogP contribution in [-0.2, 0) is 24.4 Å². The van der Waals surface area contributed by atoms with Crippen molar-refractivity contribution in [2.45, 2.75) is 32.5 Å². The second-order valence-electron chi connectivity index (χ2n) is 8.34. The molecule has 2 heterocycles. The maximum absolute atomic E-state index is 5.44. The fourth-order valence-corrected chi connectivity index (χ4v) is 4.20. The van der Waals surface area contributed by atoms with Gasteiger partial charge in [0.2, 0.25) is 0 Å². The highest BCUT2D eigenvalue weighted by molar-refractivity contribution is 14.0. The van der Waals surface area contributed by atoms with E-state index in [1.165, 1.54) is 48.3 Å². The van der Waals surface area contributed by atoms with Crippen molar-refractivity contribution in [3.63, 3.8) is 0 Å². The van der Waals surface area contributed by atoms with Gasteiger partial charge in [-0.05, 0) is 54.8 Å². The lowest BCUT2D eigenvalue weighted by Crippen LogP contribution is -2.36. The van der Waals surface area contributed by atoms with E-state index in [-0.39, 0.29) is 24.0 Å². The van der Waals surface area contributed by atoms with Crippen LogP contribution in [0.1, 0.15) is 29.5 Å². The van der Waals surface area contributed by atoms with Crippen LogP contribution in [0.4, 0.5) is 5.69 Å². The van der Waals surface area contributed by atoms with Gasteiger partial charge in [-0.25, -0.2) is 0 Å². The van der Waals surface area contributed by atoms with Gasteiger partial charge in [0.25, 0.3) is 0 Å². The maximum atomic E-state index is 5.44. The number of ether oxygens (including phenoxy) is 1. The molecule has 0 unspecified atom stereocenters. The molecule has 0 radical (unpaired) electrons. The minimum Gasteiger partial charge on any atom is -0.378 e. The Hall–Kier alpha value is -1.84. The molecule has 0 bridgehead atoms. The number of hydrogen-bond acceptors (Lipinski definition) is 4. The molecule has 2 aliphatic rings. The molecule has 2 aromatic carbocycles. The Kier molecular flexibility index (Phi) is 10.1. The standard InChI is InChI=1S/C25H35N5O.HI/c1-26-25(27-18-21-4-6-23(7-5-21)20-29-12-2-3-13-29)28-19-22-8-10-24(11-9-22)30-14-16-31-17-15-30;/h4-11H,2-3,12-20H2,1H3,(H2,26,27,28);1H. The zero-order valence-electron chi connectivity index (χ0n) is 19.1. The predicted molar refractivity (Wildman–Crippen MR) is 143 cm³/mol. The molecule has 7 heteroatoms. The fourth-order valence-electron chi connectivity index (χ4n) is 4.20. The third kappa shape index (κ3) is 7.35. The highest BCUT2D eigenvalue weighted by Crippen LogP contribution is 2.17. The molecule has 2 aromatic rings. The molecule has 2 fully saturated rings. The first-order valence-electron chi connectivity index (χ1n) is 11.5. The summed E-state index contributed by atoms with van der Waals surface area (Å²) in [6.07, 6.45) is 2.68. The van der Waals surface area contributed by atoms with Crippen molar-refractivity contribution in [2.24, 2.45) is 4.99 Å². The lowest BCUT2D eigenvalue weighted by atomic mass is 10.1. The molecule has 0 atom stereocenters. The summed E-state index contributed by atoms with van der Waals surface area (Å²) in [6.45, 7) is 8.61. The van der Waals surface area contributed by atoms with Gasteiger partial charge in [0.15, 0.2) is 5.96 Å². The van der Waals surface area contributed by atoms with Gasteiger partial charge in [-0.2, -0.15) is 0 Å². The van der Waals surface area contributed by atoms with Crippen LogP contribution in [0.25, 0.3) is 0 Å². The molecule has 0 amide bonds. The molecule has 2 saturated heterocycles. The van der Waals surface area contributed by atoms with Crippen LogP contribution >= 0.6 is 24.0 Å². The molecule has 2 aliphatic heterocycles. The van der Waals surface area contributed by atoms with E-state index in [1.807, 2.05) is 7.05 Å². The third-order valence-corrected chi connectivity index (χ3v) is 6.08. The lowest BCUT2D eigenvalue weighted by molar-refractivity contribution is 0.122. The number of anilines is 1. The van der Waals surface area contributed by atoms with Crippen molar-refractivity contribution in [1.82, 2.24) is 15.5 Å². The zero-order valence-corrected chi connectivity index (χ0v) is 21.4. The van der Waals surface area contributed by atoms with Gasteiger partial charge in [-0.3, -0.25) is 9.89 Å². The molecule has 0 saturated carbocycles. The summed E-state index contributed by atoms with van der Waals surface area (Å²) >= 11 is 0. The monoisotopic (exact) mass is 549 g/mol. The Bertz CT molecular complexity index is 828. The van der Waals surface area contributed by atoms with Gasteiger partial charge >= 0.3 is 0 Å². The normalized spacial score (nSPS) is 17.2. The van der Waals surface area contributed by atoms with E-state index in [4.69, 9.17) is 4.74 Å². The van der Waals surface area contributed by atoms with Gasteiger partial charge in [-0.15, -0.1) is 24.0 Å². The number of guanidine groups is 1. The summed E-state index contributed by atoms with van der Waals surface area (Å²) in [5.74, 6) is 0.818. The van der Waals surface area contributed by atoms with E-state index in [2.05, 4.69) is 74.0 Å². The molecule has 0 aliphatic carbocycles. The van der Waals surface area contributed by atoms with Crippen LogP contribution in [0.3, 0.4) is 0 Å². The van der Waals surface area contributed by atoms with E-state index >= 15 is 0 Å². The first-order chi connectivity index (χ1) is 15.3. The first-order valence-corrected chi connectivity index (χ1v) is 11.5. The van der Waals surface area contributed by atoms with Crippen LogP contribution < -0.4 is 15.5 Å². The molecule has 4 rings (SSSR count). The molecule has 6 nitrogen and oxygen atoms in total. The molecule has 32 heavy (non-hydrogen) atoms. The number of nitrogens with zero attached hydrogens (tertiary/aromatic N) is 3. The predicted octanol–water partition coefficient (Wildman–Crippen LogP) is 3.60. The molecule has 2 N–H and O–H groups in total. The van der Waals surface area contributed by atoms with Crippen LogP contribution in [0.15, 0.2) is 53.5 Å². The van der Waals surface area contributed by atoms with Crippen molar-refractivity contribution in [1.29, 1.82) is 0 Å². The number of aliphatic imine (C=N–C) groups is 1. The average Bonchev–Trinajstić information content (AvgIpc) is 3.34. The number of morpholine rings is 1. The number of nitrogens with one attached hydrogen (secondary N) is 2. The average molecular weight is 550 g/mol. The summed E-state index contributed by atoms with van der Waals surface area (Å²) in [7, 11) is 1.82. The lowest BCUT2D eigenvalue weighted by Gasteiger charge is -2.28. The highest BCUT2D eigenvalue weighted by Gasteiger charge is 2.12. The number of halogens is 1. The van der Waals surface area contributed by atoms with Gasteiger partial charge in [0.05, 0.1) is 13.2 Å². The Morgan fingerprint density at radius 1 is 0.812 bits per heavy atom. The van der Waals surface area contributed by atoms with Crippen molar-refractivity contribution >= 4 is 35.6 Å². The van der Waals surface area contributed by atoms with Crippen molar-refractivity contribution in [3.8, 4) is 0 Å². The summed E-state index contributed by atoms with van der Waals surface area (Å²) in [5.41, 5.74) is 5.17. The fraction of sp³-hybridized carbons (Fsp3) is 0.480. The van der Waals surface area contributed by atoms with E-state index in [9.17, 15) is 0 Å². The van der Waals surface area contributed by atoms with Gasteiger partial charge in [-0.1, -0.05) is 36.4 Å². The zero-order chi connectivity index (χ0) is 21.3. The number of rotatable bonds is 7. The van der Waals surface area contributed by atoms with E-state index in [0.717, 1.165) is 51.9 Å². The third-order valence-electron chi connectivity index (χ3n) is 6.08. The van der Waals surface area contributed by atoms with Crippen molar-refractivity contribution < 1.29 is 4.74 Å². The summed E-state index contributed by atoms with van der Waals surface area (Å²) in [6, 6.07) is 17.7. The Morgan fingerprint density at radius 2 is 1.34 bits per heavy atom. The van der Waals surface area contributed by atoms with Crippen LogP contribution in [0.5, 0.6) is 0 Å². The second-order valence-corrected chi connectivity index (χ2v) is 8.34. The minimum atomic E-state index is 0. The summed E-state index contributed by atoms with van der Waals surface area (Å²) < 4.78 is 5.44. The molecular formula is C25H36IN5O. The quantitative estimate of drug-likeness (QED) is 0.314. The SMILES string of the molecule is CN=C(NCc1ccc(CN2CCCC2)cc1)NCc1ccc(N2CCOCC2)cc1.I.